The molecule has 0 fully saturated rings. The minimum Gasteiger partial charge on any atom is -0.301 e. The number of thiazole rings is 1. The maximum atomic E-state index is 12.4. The first-order valence-corrected chi connectivity index (χ1v) is 12.3. The summed E-state index contributed by atoms with van der Waals surface area (Å²) >= 11 is 14.9. The molecule has 0 aliphatic carbocycles. The molecule has 164 valence electrons. The average molecular weight is 505 g/mol. The van der Waals surface area contributed by atoms with Crippen LogP contribution >= 0.6 is 46.3 Å². The standard InChI is InChI=1S/C21H18Cl2N6OS2/c1-2-13-3-6-16(7-4-13)29-21(26-27-28-29)31-12-19(30)25-20-24-11-17(32-20)10-14-9-15(22)5-8-18(14)23/h3-9,11H,2,10,12H2,1H3,(H,24,25,30). The fourth-order valence-electron chi connectivity index (χ4n) is 2.90. The molecule has 1 N–H and O–H groups in total. The molecular formula is C21H18Cl2N6OS2. The lowest BCUT2D eigenvalue weighted by Crippen LogP contribution is -2.14. The lowest BCUT2D eigenvalue weighted by atomic mass is 10.1. The van der Waals surface area contributed by atoms with Gasteiger partial charge >= 0.3 is 0 Å². The van der Waals surface area contributed by atoms with Gasteiger partial charge in [-0.2, -0.15) is 4.68 Å². The molecule has 0 unspecified atom stereocenters. The zero-order valence-electron chi connectivity index (χ0n) is 17.0. The number of hydrogen-bond acceptors (Lipinski definition) is 7. The van der Waals surface area contributed by atoms with E-state index in [0.717, 1.165) is 22.5 Å². The molecule has 0 spiro atoms. The Kier molecular flexibility index (Phi) is 7.41. The molecule has 0 atom stereocenters. The van der Waals surface area contributed by atoms with Crippen molar-refractivity contribution >= 4 is 57.3 Å². The second-order valence-electron chi connectivity index (χ2n) is 6.77. The maximum Gasteiger partial charge on any atom is 0.236 e. The molecule has 0 aliphatic rings. The van der Waals surface area contributed by atoms with Crippen molar-refractivity contribution in [3.05, 3.63) is 74.7 Å². The highest BCUT2D eigenvalue weighted by atomic mass is 35.5. The van der Waals surface area contributed by atoms with Crippen LogP contribution in [0.15, 0.2) is 53.8 Å². The van der Waals surface area contributed by atoms with Crippen molar-refractivity contribution in [2.45, 2.75) is 24.9 Å². The van der Waals surface area contributed by atoms with Crippen LogP contribution in [0.5, 0.6) is 0 Å². The molecule has 2 aromatic heterocycles. The van der Waals surface area contributed by atoms with Gasteiger partial charge in [-0.15, -0.1) is 16.4 Å². The van der Waals surface area contributed by atoms with Crippen molar-refractivity contribution < 1.29 is 4.79 Å². The second kappa shape index (κ2) is 10.4. The van der Waals surface area contributed by atoms with Crippen molar-refractivity contribution in [1.82, 2.24) is 25.2 Å². The number of carbonyl (C=O) groups excluding carboxylic acids is 1. The predicted octanol–water partition coefficient (Wildman–Crippen LogP) is 5.31. The Morgan fingerprint density at radius 1 is 1.19 bits per heavy atom. The Morgan fingerprint density at radius 3 is 2.78 bits per heavy atom. The third kappa shape index (κ3) is 5.66. The zero-order chi connectivity index (χ0) is 22.5. The highest BCUT2D eigenvalue weighted by molar-refractivity contribution is 7.99. The minimum atomic E-state index is -0.187. The predicted molar refractivity (Wildman–Crippen MR) is 129 cm³/mol. The molecule has 2 heterocycles. The highest BCUT2D eigenvalue weighted by Gasteiger charge is 2.13. The number of hydrogen-bond donors (Lipinski definition) is 1. The Hall–Kier alpha value is -2.46. The Morgan fingerprint density at radius 2 is 2.00 bits per heavy atom. The topological polar surface area (TPSA) is 85.6 Å². The van der Waals surface area contributed by atoms with Crippen LogP contribution in [0.2, 0.25) is 10.0 Å². The number of aryl methyl sites for hydroxylation is 1. The average Bonchev–Trinajstić information content (AvgIpc) is 3.44. The molecular weight excluding hydrogens is 487 g/mol. The Bertz CT molecular complexity index is 1230. The van der Waals surface area contributed by atoms with Crippen molar-refractivity contribution in [1.29, 1.82) is 0 Å². The quantitative estimate of drug-likeness (QED) is 0.327. The number of aromatic nitrogens is 5. The van der Waals surface area contributed by atoms with Crippen LogP contribution in [0.3, 0.4) is 0 Å². The van der Waals surface area contributed by atoms with Gasteiger partial charge in [0.1, 0.15) is 0 Å². The minimum absolute atomic E-state index is 0.155. The SMILES string of the molecule is CCc1ccc(-n2nnnc2SCC(=O)Nc2ncc(Cc3cc(Cl)ccc3Cl)s2)cc1. The van der Waals surface area contributed by atoms with E-state index >= 15 is 0 Å². The summed E-state index contributed by atoms with van der Waals surface area (Å²) in [5, 5.41) is 17.0. The lowest BCUT2D eigenvalue weighted by Gasteiger charge is -2.05. The van der Waals surface area contributed by atoms with Gasteiger partial charge in [-0.1, -0.05) is 54.0 Å². The van der Waals surface area contributed by atoms with Crippen molar-refractivity contribution in [2.75, 3.05) is 11.1 Å². The van der Waals surface area contributed by atoms with Gasteiger partial charge in [-0.25, -0.2) is 4.98 Å². The summed E-state index contributed by atoms with van der Waals surface area (Å²) in [5.74, 6) is -0.0322. The van der Waals surface area contributed by atoms with E-state index in [4.69, 9.17) is 23.2 Å². The highest BCUT2D eigenvalue weighted by Crippen LogP contribution is 2.27. The fraction of sp³-hybridized carbons (Fsp3) is 0.190. The molecule has 0 bridgehead atoms. The molecule has 4 aromatic rings. The van der Waals surface area contributed by atoms with Crippen LogP contribution in [-0.4, -0.2) is 36.9 Å². The molecule has 0 radical (unpaired) electrons. The van der Waals surface area contributed by atoms with E-state index in [1.54, 1.807) is 23.0 Å². The summed E-state index contributed by atoms with van der Waals surface area (Å²) in [4.78, 5) is 17.7. The van der Waals surface area contributed by atoms with E-state index in [9.17, 15) is 4.79 Å². The van der Waals surface area contributed by atoms with Gasteiger partial charge in [-0.3, -0.25) is 4.79 Å². The second-order valence-corrected chi connectivity index (χ2v) is 9.68. The number of amides is 1. The van der Waals surface area contributed by atoms with Gasteiger partial charge < -0.3 is 5.32 Å². The monoisotopic (exact) mass is 504 g/mol. The first-order chi connectivity index (χ1) is 15.5. The molecule has 11 heteroatoms. The summed E-state index contributed by atoms with van der Waals surface area (Å²) in [6, 6.07) is 13.3. The molecule has 7 nitrogen and oxygen atoms in total. The number of anilines is 1. The normalized spacial score (nSPS) is 11.0. The molecule has 4 rings (SSSR count). The van der Waals surface area contributed by atoms with E-state index in [1.807, 2.05) is 30.3 Å². The van der Waals surface area contributed by atoms with Gasteiger partial charge in [0.25, 0.3) is 0 Å². The smallest absolute Gasteiger partial charge is 0.236 e. The molecule has 32 heavy (non-hydrogen) atoms. The third-order valence-electron chi connectivity index (χ3n) is 4.53. The lowest BCUT2D eigenvalue weighted by molar-refractivity contribution is -0.113. The third-order valence-corrected chi connectivity index (χ3v) is 6.97. The number of carbonyl (C=O) groups is 1. The largest absolute Gasteiger partial charge is 0.301 e. The van der Waals surface area contributed by atoms with Crippen molar-refractivity contribution in [3.63, 3.8) is 0 Å². The van der Waals surface area contributed by atoms with E-state index < -0.39 is 0 Å². The molecule has 0 aliphatic heterocycles. The van der Waals surface area contributed by atoms with Gasteiger partial charge in [-0.05, 0) is 58.3 Å². The summed E-state index contributed by atoms with van der Waals surface area (Å²) in [5.41, 5.74) is 2.99. The van der Waals surface area contributed by atoms with E-state index in [0.29, 0.717) is 26.8 Å². The van der Waals surface area contributed by atoms with Gasteiger partial charge in [0.05, 0.1) is 11.4 Å². The number of nitrogens with zero attached hydrogens (tertiary/aromatic N) is 5. The summed E-state index contributed by atoms with van der Waals surface area (Å²) in [6.45, 7) is 2.10. The number of nitrogens with one attached hydrogen (secondary N) is 1. The van der Waals surface area contributed by atoms with Gasteiger partial charge in [0.15, 0.2) is 5.13 Å². The Balaban J connectivity index is 1.34. The number of rotatable bonds is 8. The van der Waals surface area contributed by atoms with Crippen LogP contribution in [0.25, 0.3) is 5.69 Å². The van der Waals surface area contributed by atoms with Crippen molar-refractivity contribution in [2.24, 2.45) is 0 Å². The van der Waals surface area contributed by atoms with E-state index in [2.05, 4.69) is 32.7 Å². The molecule has 1 amide bonds. The first-order valence-electron chi connectivity index (χ1n) is 9.71. The first kappa shape index (κ1) is 22.7. The molecule has 0 saturated carbocycles. The van der Waals surface area contributed by atoms with Crippen LogP contribution in [0, 0.1) is 0 Å². The van der Waals surface area contributed by atoms with Crippen LogP contribution in [0.4, 0.5) is 5.13 Å². The van der Waals surface area contributed by atoms with E-state index in [1.165, 1.54) is 28.7 Å². The van der Waals surface area contributed by atoms with Crippen LogP contribution in [0.1, 0.15) is 22.9 Å². The zero-order valence-corrected chi connectivity index (χ0v) is 20.1. The summed E-state index contributed by atoms with van der Waals surface area (Å²) in [7, 11) is 0. The summed E-state index contributed by atoms with van der Waals surface area (Å²) in [6.07, 6.45) is 3.28. The number of benzene rings is 2. The van der Waals surface area contributed by atoms with E-state index in [-0.39, 0.29) is 11.7 Å². The summed E-state index contributed by atoms with van der Waals surface area (Å²) < 4.78 is 1.62. The van der Waals surface area contributed by atoms with Gasteiger partial charge in [0, 0.05) is 27.5 Å². The fourth-order valence-corrected chi connectivity index (χ4v) is 4.82. The van der Waals surface area contributed by atoms with Gasteiger partial charge in [0.2, 0.25) is 11.1 Å². The number of thioether (sulfide) groups is 1. The maximum absolute atomic E-state index is 12.4. The number of halogens is 2. The van der Waals surface area contributed by atoms with Crippen LogP contribution in [-0.2, 0) is 17.6 Å². The number of tetrazole rings is 1. The molecule has 2 aromatic carbocycles. The molecule has 0 saturated heterocycles. The van der Waals surface area contributed by atoms with Crippen molar-refractivity contribution in [3.8, 4) is 5.69 Å². The Labute approximate surface area is 203 Å². The van der Waals surface area contributed by atoms with Crippen LogP contribution < -0.4 is 5.32 Å².